The zero-order valence-electron chi connectivity index (χ0n) is 11.9. The van der Waals surface area contributed by atoms with Gasteiger partial charge in [-0.2, -0.15) is 0 Å². The van der Waals surface area contributed by atoms with Crippen LogP contribution in [-0.2, 0) is 9.53 Å². The van der Waals surface area contributed by atoms with Crippen molar-refractivity contribution in [1.82, 2.24) is 10.2 Å². The number of hydrogen-bond acceptors (Lipinski definition) is 5. The first-order valence-corrected chi connectivity index (χ1v) is 8.23. The van der Waals surface area contributed by atoms with Crippen molar-refractivity contribution in [3.8, 4) is 0 Å². The molecule has 4 nitrogen and oxygen atoms in total. The fourth-order valence-corrected chi connectivity index (χ4v) is 4.18. The Bertz CT molecular complexity index is 441. The molecule has 4 rings (SSSR count). The lowest BCUT2D eigenvalue weighted by Gasteiger charge is -2.46. The molecule has 1 aromatic rings. The van der Waals surface area contributed by atoms with E-state index in [4.69, 9.17) is 4.74 Å². The minimum atomic E-state index is -0.142. The Labute approximate surface area is 124 Å². The second kappa shape index (κ2) is 6.24. The Hall–Kier alpha value is -0.910. The summed E-state index contributed by atoms with van der Waals surface area (Å²) >= 11 is 1.71. The number of carbonyl (C=O) groups excluding carboxylic acids is 1. The average molecular weight is 294 g/mol. The minimum absolute atomic E-state index is 0.0907. The molecule has 3 aliphatic rings. The number of nitrogens with one attached hydrogen (secondary N) is 1. The number of rotatable bonds is 5. The Kier molecular flexibility index (Phi) is 4.38. The number of thiophene rings is 1. The maximum absolute atomic E-state index is 11.7. The normalized spacial score (nSPS) is 30.1. The van der Waals surface area contributed by atoms with Gasteiger partial charge in [-0.3, -0.25) is 4.79 Å². The van der Waals surface area contributed by atoms with E-state index in [1.165, 1.54) is 37.9 Å². The van der Waals surface area contributed by atoms with Crippen molar-refractivity contribution in [1.29, 1.82) is 0 Å². The van der Waals surface area contributed by atoms with Crippen molar-refractivity contribution in [2.75, 3.05) is 26.7 Å². The lowest BCUT2D eigenvalue weighted by atomic mass is 9.83. The van der Waals surface area contributed by atoms with Crippen molar-refractivity contribution in [2.24, 2.45) is 5.92 Å². The van der Waals surface area contributed by atoms with Gasteiger partial charge in [0.2, 0.25) is 0 Å². The molecule has 1 N–H and O–H groups in total. The van der Waals surface area contributed by atoms with Gasteiger partial charge in [-0.1, -0.05) is 6.07 Å². The van der Waals surface area contributed by atoms with Crippen molar-refractivity contribution in [3.63, 3.8) is 0 Å². The van der Waals surface area contributed by atoms with Crippen LogP contribution in [0.5, 0.6) is 0 Å². The van der Waals surface area contributed by atoms with E-state index >= 15 is 0 Å². The van der Waals surface area contributed by atoms with Crippen LogP contribution in [0.2, 0.25) is 0 Å². The number of nitrogens with zero attached hydrogens (tertiary/aromatic N) is 1. The van der Waals surface area contributed by atoms with Crippen molar-refractivity contribution < 1.29 is 9.53 Å². The highest BCUT2D eigenvalue weighted by molar-refractivity contribution is 7.10. The lowest BCUT2D eigenvalue weighted by Crippen LogP contribution is -2.56. The molecule has 110 valence electrons. The topological polar surface area (TPSA) is 41.6 Å². The van der Waals surface area contributed by atoms with E-state index in [2.05, 4.69) is 21.7 Å². The molecule has 1 aromatic heterocycles. The molecule has 20 heavy (non-hydrogen) atoms. The summed E-state index contributed by atoms with van der Waals surface area (Å²) in [7, 11) is 1.46. The monoisotopic (exact) mass is 294 g/mol. The molecule has 4 heterocycles. The first kappa shape index (κ1) is 14.0. The van der Waals surface area contributed by atoms with Crippen LogP contribution in [0, 0.1) is 5.92 Å². The van der Waals surface area contributed by atoms with Crippen LogP contribution in [-0.4, -0.2) is 43.7 Å². The molecule has 2 bridgehead atoms. The first-order valence-electron chi connectivity index (χ1n) is 7.35. The predicted octanol–water partition coefficient (Wildman–Crippen LogP) is 2.04. The highest BCUT2D eigenvalue weighted by Gasteiger charge is 2.35. The molecule has 3 saturated heterocycles. The molecule has 2 atom stereocenters. The quantitative estimate of drug-likeness (QED) is 0.844. The molecule has 0 spiro atoms. The fraction of sp³-hybridized carbons (Fsp3) is 0.667. The van der Waals surface area contributed by atoms with Gasteiger partial charge in [0, 0.05) is 17.5 Å². The Morgan fingerprint density at radius 1 is 1.55 bits per heavy atom. The van der Waals surface area contributed by atoms with Gasteiger partial charge in [-0.25, -0.2) is 0 Å². The van der Waals surface area contributed by atoms with Crippen LogP contribution in [0.3, 0.4) is 0 Å². The molecule has 3 fully saturated rings. The van der Waals surface area contributed by atoms with Gasteiger partial charge in [0.15, 0.2) is 0 Å². The molecular formula is C15H22N2O2S. The summed E-state index contributed by atoms with van der Waals surface area (Å²) < 4.78 is 4.85. The van der Waals surface area contributed by atoms with E-state index in [1.807, 2.05) is 6.07 Å². The predicted molar refractivity (Wildman–Crippen MR) is 79.8 cm³/mol. The number of esters is 1. The fourth-order valence-electron chi connectivity index (χ4n) is 3.39. The number of ether oxygens (including phenoxy) is 1. The van der Waals surface area contributed by atoms with Crippen molar-refractivity contribution in [3.05, 3.63) is 22.4 Å². The molecule has 3 aliphatic heterocycles. The van der Waals surface area contributed by atoms with Gasteiger partial charge >= 0.3 is 5.97 Å². The largest absolute Gasteiger partial charge is 0.469 e. The third-order valence-corrected chi connectivity index (χ3v) is 5.54. The molecular weight excluding hydrogens is 272 g/mol. The molecule has 2 unspecified atom stereocenters. The highest BCUT2D eigenvalue weighted by atomic mass is 32.1. The summed E-state index contributed by atoms with van der Waals surface area (Å²) in [6.07, 6.45) is 2.99. The average Bonchev–Trinajstić information content (AvgIpc) is 3.02. The SMILES string of the molecule is COC(=O)CC(NC1CN2CCC1CC2)c1cccs1. The maximum atomic E-state index is 11.7. The van der Waals surface area contributed by atoms with Crippen LogP contribution in [0.25, 0.3) is 0 Å². The van der Waals surface area contributed by atoms with Gasteiger partial charge in [0.1, 0.15) is 0 Å². The smallest absolute Gasteiger partial charge is 0.307 e. The number of hydrogen-bond donors (Lipinski definition) is 1. The number of piperidine rings is 3. The lowest BCUT2D eigenvalue weighted by molar-refractivity contribution is -0.141. The van der Waals surface area contributed by atoms with Gasteiger partial charge in [0.05, 0.1) is 19.6 Å². The number of fused-ring (bicyclic) bond motifs is 3. The molecule has 0 amide bonds. The summed E-state index contributed by atoms with van der Waals surface area (Å²) in [6.45, 7) is 3.60. The van der Waals surface area contributed by atoms with Crippen molar-refractivity contribution in [2.45, 2.75) is 31.3 Å². The number of methoxy groups -OCH3 is 1. The molecule has 0 aliphatic carbocycles. The summed E-state index contributed by atoms with van der Waals surface area (Å²) in [4.78, 5) is 15.4. The Morgan fingerprint density at radius 3 is 2.90 bits per heavy atom. The van der Waals surface area contributed by atoms with Crippen LogP contribution in [0.1, 0.15) is 30.2 Å². The van der Waals surface area contributed by atoms with Crippen LogP contribution in [0.15, 0.2) is 17.5 Å². The first-order chi connectivity index (χ1) is 9.76. The second-order valence-electron chi connectivity index (χ2n) is 5.76. The molecule has 5 heteroatoms. The summed E-state index contributed by atoms with van der Waals surface area (Å²) in [6, 6.07) is 4.75. The van der Waals surface area contributed by atoms with Crippen LogP contribution < -0.4 is 5.32 Å². The van der Waals surface area contributed by atoms with E-state index in [0.717, 1.165) is 12.5 Å². The third-order valence-electron chi connectivity index (χ3n) is 4.56. The van der Waals surface area contributed by atoms with Crippen LogP contribution in [0.4, 0.5) is 0 Å². The van der Waals surface area contributed by atoms with Gasteiger partial charge in [-0.15, -0.1) is 11.3 Å². The molecule has 0 aromatic carbocycles. The zero-order chi connectivity index (χ0) is 13.9. The molecule has 0 radical (unpaired) electrons. The van der Waals surface area contributed by atoms with E-state index in [-0.39, 0.29) is 12.0 Å². The summed E-state index contributed by atoms with van der Waals surface area (Å²) in [5.41, 5.74) is 0. The second-order valence-corrected chi connectivity index (χ2v) is 6.74. The van der Waals surface area contributed by atoms with E-state index in [1.54, 1.807) is 11.3 Å². The number of carbonyl (C=O) groups is 1. The van der Waals surface area contributed by atoms with Gasteiger partial charge < -0.3 is 15.0 Å². The highest BCUT2D eigenvalue weighted by Crippen LogP contribution is 2.31. The summed E-state index contributed by atoms with van der Waals surface area (Å²) in [5, 5.41) is 5.79. The third kappa shape index (κ3) is 3.05. The van der Waals surface area contributed by atoms with Gasteiger partial charge in [0.25, 0.3) is 0 Å². The standard InChI is InChI=1S/C15H22N2O2S/c1-19-15(18)9-12(14-3-2-8-20-14)16-13-10-17-6-4-11(13)5-7-17/h2-3,8,11-13,16H,4-7,9-10H2,1H3. The minimum Gasteiger partial charge on any atom is -0.469 e. The van der Waals surface area contributed by atoms with E-state index in [9.17, 15) is 4.79 Å². The van der Waals surface area contributed by atoms with Gasteiger partial charge in [-0.05, 0) is 43.3 Å². The Balaban J connectivity index is 1.68. The molecule has 0 saturated carbocycles. The Morgan fingerprint density at radius 2 is 2.35 bits per heavy atom. The summed E-state index contributed by atoms with van der Waals surface area (Å²) in [5.74, 6) is 0.622. The van der Waals surface area contributed by atoms with Crippen molar-refractivity contribution >= 4 is 17.3 Å². The maximum Gasteiger partial charge on any atom is 0.307 e. The van der Waals surface area contributed by atoms with E-state index < -0.39 is 0 Å². The van der Waals surface area contributed by atoms with E-state index in [0.29, 0.717) is 12.5 Å². The van der Waals surface area contributed by atoms with Crippen LogP contribution >= 0.6 is 11.3 Å². The zero-order valence-corrected chi connectivity index (χ0v) is 12.7.